The van der Waals surface area contributed by atoms with Crippen LogP contribution in [0.5, 0.6) is 0 Å². The highest BCUT2D eigenvalue weighted by molar-refractivity contribution is 6.06. The minimum Gasteiger partial charge on any atom is -0.344 e. The number of nitrogens with zero attached hydrogens (tertiary/aromatic N) is 3. The molecule has 0 radical (unpaired) electrons. The molecule has 4 rings (SSSR count). The second-order valence-electron chi connectivity index (χ2n) is 7.55. The molecule has 0 unspecified atom stereocenters. The van der Waals surface area contributed by atoms with Gasteiger partial charge in [0.05, 0.1) is 17.5 Å². The minimum atomic E-state index is -0.952. The van der Waals surface area contributed by atoms with Gasteiger partial charge in [0, 0.05) is 25.2 Å². The number of H-pyrrole nitrogens is 1. The molecule has 3 heterocycles. The van der Waals surface area contributed by atoms with E-state index in [0.29, 0.717) is 22.6 Å². The standard InChI is InChI=1S/C18H23N5O2/c1-18(2,17(25)23-7-3-4-8-23)22-16(24)12-9-19-15-14(12)21-13(10-20-15)11-5-6-11/h9-11H,3-8H2,1-2H3,(H,19,20)(H,22,24). The highest BCUT2D eigenvalue weighted by Crippen LogP contribution is 2.39. The van der Waals surface area contributed by atoms with E-state index >= 15 is 0 Å². The van der Waals surface area contributed by atoms with Crippen LogP contribution in [0.1, 0.15) is 61.5 Å². The Balaban J connectivity index is 1.56. The predicted octanol–water partition coefficient (Wildman–Crippen LogP) is 1.97. The van der Waals surface area contributed by atoms with Crippen molar-refractivity contribution in [2.45, 2.75) is 51.0 Å². The molecule has 1 aliphatic heterocycles. The number of carbonyl (C=O) groups is 2. The number of hydrogen-bond donors (Lipinski definition) is 2. The van der Waals surface area contributed by atoms with Gasteiger partial charge < -0.3 is 15.2 Å². The van der Waals surface area contributed by atoms with Gasteiger partial charge in [-0.05, 0) is 39.5 Å². The van der Waals surface area contributed by atoms with Crippen LogP contribution in [0, 0.1) is 0 Å². The Morgan fingerprint density at radius 2 is 2.00 bits per heavy atom. The van der Waals surface area contributed by atoms with Crippen molar-refractivity contribution < 1.29 is 9.59 Å². The van der Waals surface area contributed by atoms with Crippen molar-refractivity contribution in [1.29, 1.82) is 0 Å². The van der Waals surface area contributed by atoms with E-state index in [4.69, 9.17) is 0 Å². The molecule has 1 saturated carbocycles. The summed E-state index contributed by atoms with van der Waals surface area (Å²) in [5.41, 5.74) is 1.59. The Bertz CT molecular complexity index is 831. The van der Waals surface area contributed by atoms with Crippen LogP contribution in [0.4, 0.5) is 0 Å². The normalized spacial score (nSPS) is 17.9. The van der Waals surface area contributed by atoms with E-state index in [1.54, 1.807) is 26.2 Å². The van der Waals surface area contributed by atoms with E-state index in [2.05, 4.69) is 20.3 Å². The lowest BCUT2D eigenvalue weighted by molar-refractivity contribution is -0.135. The maximum atomic E-state index is 12.8. The van der Waals surface area contributed by atoms with E-state index in [9.17, 15) is 9.59 Å². The number of nitrogens with one attached hydrogen (secondary N) is 2. The number of fused-ring (bicyclic) bond motifs is 1. The summed E-state index contributed by atoms with van der Waals surface area (Å²) in [5, 5.41) is 2.87. The van der Waals surface area contributed by atoms with Crippen molar-refractivity contribution in [2.24, 2.45) is 0 Å². The smallest absolute Gasteiger partial charge is 0.255 e. The summed E-state index contributed by atoms with van der Waals surface area (Å²) >= 11 is 0. The summed E-state index contributed by atoms with van der Waals surface area (Å²) in [4.78, 5) is 39.2. The molecule has 132 valence electrons. The first kappa shape index (κ1) is 16.1. The molecule has 2 amide bonds. The Morgan fingerprint density at radius 3 is 2.68 bits per heavy atom. The van der Waals surface area contributed by atoms with Crippen molar-refractivity contribution in [3.8, 4) is 0 Å². The zero-order valence-corrected chi connectivity index (χ0v) is 14.6. The Hall–Kier alpha value is -2.44. The van der Waals surface area contributed by atoms with Gasteiger partial charge in [-0.1, -0.05) is 0 Å². The third-order valence-corrected chi connectivity index (χ3v) is 4.99. The van der Waals surface area contributed by atoms with E-state index in [1.165, 1.54) is 0 Å². The molecule has 0 bridgehead atoms. The quantitative estimate of drug-likeness (QED) is 0.889. The molecule has 0 atom stereocenters. The topological polar surface area (TPSA) is 91.0 Å². The lowest BCUT2D eigenvalue weighted by atomic mass is 10.0. The molecule has 7 heteroatoms. The van der Waals surface area contributed by atoms with Crippen LogP contribution in [0.3, 0.4) is 0 Å². The maximum Gasteiger partial charge on any atom is 0.255 e. The number of aromatic nitrogens is 3. The number of aromatic amines is 1. The highest BCUT2D eigenvalue weighted by atomic mass is 16.2. The third-order valence-electron chi connectivity index (χ3n) is 4.99. The molecule has 2 N–H and O–H groups in total. The first-order valence-corrected chi connectivity index (χ1v) is 8.91. The predicted molar refractivity (Wildman–Crippen MR) is 93.2 cm³/mol. The van der Waals surface area contributed by atoms with Gasteiger partial charge >= 0.3 is 0 Å². The van der Waals surface area contributed by atoms with E-state index in [1.807, 2.05) is 4.90 Å². The molecular formula is C18H23N5O2. The zero-order valence-electron chi connectivity index (χ0n) is 14.6. The average Bonchev–Trinajstić information content (AvgIpc) is 3.12. The summed E-state index contributed by atoms with van der Waals surface area (Å²) < 4.78 is 0. The average molecular weight is 341 g/mol. The van der Waals surface area contributed by atoms with Crippen LogP contribution < -0.4 is 5.32 Å². The SMILES string of the molecule is CC(C)(NC(=O)c1c[nH]c2ncc(C3CC3)nc12)C(=O)N1CCCC1. The lowest BCUT2D eigenvalue weighted by Crippen LogP contribution is -2.55. The Labute approximate surface area is 146 Å². The molecule has 7 nitrogen and oxygen atoms in total. The summed E-state index contributed by atoms with van der Waals surface area (Å²) in [6.45, 7) is 5.03. The minimum absolute atomic E-state index is 0.0389. The van der Waals surface area contributed by atoms with E-state index in [-0.39, 0.29) is 11.8 Å². The number of carbonyl (C=O) groups excluding carboxylic acids is 2. The van der Waals surface area contributed by atoms with Crippen LogP contribution in [-0.4, -0.2) is 50.3 Å². The Morgan fingerprint density at radius 1 is 1.28 bits per heavy atom. The summed E-state index contributed by atoms with van der Waals surface area (Å²) in [5.74, 6) is 0.130. The second-order valence-corrected chi connectivity index (χ2v) is 7.55. The van der Waals surface area contributed by atoms with E-state index < -0.39 is 5.54 Å². The highest BCUT2D eigenvalue weighted by Gasteiger charge is 2.35. The molecule has 25 heavy (non-hydrogen) atoms. The fourth-order valence-electron chi connectivity index (χ4n) is 3.37. The maximum absolute atomic E-state index is 12.8. The summed E-state index contributed by atoms with van der Waals surface area (Å²) in [6, 6.07) is 0. The fourth-order valence-corrected chi connectivity index (χ4v) is 3.37. The molecule has 2 aromatic rings. The largest absolute Gasteiger partial charge is 0.344 e. The van der Waals surface area contributed by atoms with Crippen LogP contribution >= 0.6 is 0 Å². The van der Waals surface area contributed by atoms with Gasteiger partial charge in [-0.15, -0.1) is 0 Å². The van der Waals surface area contributed by atoms with Crippen LogP contribution in [0.2, 0.25) is 0 Å². The zero-order chi connectivity index (χ0) is 17.6. The molecule has 1 saturated heterocycles. The molecule has 2 aliphatic rings. The molecule has 2 fully saturated rings. The van der Waals surface area contributed by atoms with E-state index in [0.717, 1.165) is 44.5 Å². The number of hydrogen-bond acceptors (Lipinski definition) is 4. The van der Waals surface area contributed by atoms with Crippen LogP contribution in [0.15, 0.2) is 12.4 Å². The van der Waals surface area contributed by atoms with Crippen molar-refractivity contribution >= 4 is 23.0 Å². The number of likely N-dealkylation sites (tertiary alicyclic amines) is 1. The monoisotopic (exact) mass is 341 g/mol. The van der Waals surface area contributed by atoms with Gasteiger partial charge in [-0.2, -0.15) is 0 Å². The van der Waals surface area contributed by atoms with Gasteiger partial charge in [0.1, 0.15) is 11.1 Å². The Kier molecular flexibility index (Phi) is 3.74. The molecule has 2 aromatic heterocycles. The summed E-state index contributed by atoms with van der Waals surface area (Å²) in [7, 11) is 0. The first-order chi connectivity index (χ1) is 12.0. The van der Waals surface area contributed by atoms with Gasteiger partial charge in [-0.25, -0.2) is 9.97 Å². The van der Waals surface area contributed by atoms with Crippen LogP contribution in [-0.2, 0) is 4.79 Å². The van der Waals surface area contributed by atoms with Crippen molar-refractivity contribution in [2.75, 3.05) is 13.1 Å². The summed E-state index contributed by atoms with van der Waals surface area (Å²) in [6.07, 6.45) is 7.70. The second kappa shape index (κ2) is 5.82. The van der Waals surface area contributed by atoms with Crippen LogP contribution in [0.25, 0.3) is 11.2 Å². The third kappa shape index (κ3) is 2.99. The fraction of sp³-hybridized carbons (Fsp3) is 0.556. The molecule has 0 spiro atoms. The van der Waals surface area contributed by atoms with Gasteiger partial charge in [0.2, 0.25) is 5.91 Å². The molecule has 0 aromatic carbocycles. The van der Waals surface area contributed by atoms with Gasteiger partial charge in [0.15, 0.2) is 5.65 Å². The lowest BCUT2D eigenvalue weighted by Gasteiger charge is -2.29. The molecular weight excluding hydrogens is 318 g/mol. The van der Waals surface area contributed by atoms with Crippen molar-refractivity contribution in [1.82, 2.24) is 25.2 Å². The molecule has 1 aliphatic carbocycles. The van der Waals surface area contributed by atoms with Gasteiger partial charge in [0.25, 0.3) is 5.91 Å². The van der Waals surface area contributed by atoms with Gasteiger partial charge in [-0.3, -0.25) is 9.59 Å². The number of rotatable bonds is 4. The number of amides is 2. The van der Waals surface area contributed by atoms with Crippen molar-refractivity contribution in [3.05, 3.63) is 23.7 Å². The van der Waals surface area contributed by atoms with Crippen molar-refractivity contribution in [3.63, 3.8) is 0 Å². The first-order valence-electron chi connectivity index (χ1n) is 8.91.